The summed E-state index contributed by atoms with van der Waals surface area (Å²) >= 11 is 6.16. The molecule has 0 fully saturated rings. The maximum absolute atomic E-state index is 12.3. The van der Waals surface area contributed by atoms with E-state index in [0.29, 0.717) is 16.4 Å². The summed E-state index contributed by atoms with van der Waals surface area (Å²) in [5.74, 6) is -0.202. The van der Waals surface area contributed by atoms with E-state index in [1.807, 2.05) is 55.5 Å². The summed E-state index contributed by atoms with van der Waals surface area (Å²) in [5.41, 5.74) is 2.89. The number of hydrogen-bond donors (Lipinski definition) is 2. The van der Waals surface area contributed by atoms with Crippen LogP contribution >= 0.6 is 11.6 Å². The number of halogens is 1. The monoisotopic (exact) mass is 325 g/mol. The van der Waals surface area contributed by atoms with Crippen LogP contribution in [0.2, 0.25) is 5.02 Å². The van der Waals surface area contributed by atoms with Gasteiger partial charge in [0.25, 0.3) is 5.91 Å². The van der Waals surface area contributed by atoms with Crippen molar-refractivity contribution < 1.29 is 4.79 Å². The Kier molecular flexibility index (Phi) is 4.44. The van der Waals surface area contributed by atoms with Gasteiger partial charge in [-0.1, -0.05) is 60.1 Å². The van der Waals surface area contributed by atoms with Crippen molar-refractivity contribution in [3.05, 3.63) is 76.9 Å². The van der Waals surface area contributed by atoms with Crippen molar-refractivity contribution in [3.63, 3.8) is 0 Å². The predicted octanol–water partition coefficient (Wildman–Crippen LogP) is 4.22. The third-order valence-electron chi connectivity index (χ3n) is 3.62. The Morgan fingerprint density at radius 3 is 2.57 bits per heavy atom. The highest BCUT2D eigenvalue weighted by molar-refractivity contribution is 6.33. The van der Waals surface area contributed by atoms with E-state index in [4.69, 9.17) is 11.6 Å². The smallest absolute Gasteiger partial charge is 0.269 e. The molecule has 0 spiro atoms. The van der Waals surface area contributed by atoms with Gasteiger partial charge in [0.05, 0.1) is 16.8 Å². The van der Waals surface area contributed by atoms with Crippen molar-refractivity contribution in [1.29, 1.82) is 0 Å². The van der Waals surface area contributed by atoms with Crippen LogP contribution in [0.5, 0.6) is 0 Å². The predicted molar refractivity (Wildman–Crippen MR) is 91.4 cm³/mol. The third kappa shape index (κ3) is 3.43. The molecule has 0 aliphatic rings. The van der Waals surface area contributed by atoms with Crippen LogP contribution in [0, 0.1) is 0 Å². The average Bonchev–Trinajstić information content (AvgIpc) is 3.06. The van der Waals surface area contributed by atoms with Crippen LogP contribution in [-0.4, -0.2) is 16.1 Å². The van der Waals surface area contributed by atoms with Gasteiger partial charge in [-0.15, -0.1) is 0 Å². The molecule has 116 valence electrons. The maximum Gasteiger partial charge on any atom is 0.269 e. The zero-order valence-corrected chi connectivity index (χ0v) is 13.3. The summed E-state index contributed by atoms with van der Waals surface area (Å²) in [7, 11) is 0. The van der Waals surface area contributed by atoms with Crippen LogP contribution in [0.4, 0.5) is 0 Å². The van der Waals surface area contributed by atoms with Gasteiger partial charge in [0.1, 0.15) is 5.69 Å². The molecule has 0 aliphatic carbocycles. The maximum atomic E-state index is 12.3. The number of carbonyl (C=O) groups excluding carboxylic acids is 1. The van der Waals surface area contributed by atoms with E-state index < -0.39 is 0 Å². The lowest BCUT2D eigenvalue weighted by Gasteiger charge is -2.13. The summed E-state index contributed by atoms with van der Waals surface area (Å²) in [6.45, 7) is 1.94. The second-order valence-electron chi connectivity index (χ2n) is 5.25. The Morgan fingerprint density at radius 1 is 1.13 bits per heavy atom. The molecule has 3 rings (SSSR count). The SMILES string of the molecule is C[C@@H](NC(=O)c1cc(-c2ccccc2Cl)n[nH]1)c1ccccc1. The fourth-order valence-corrected chi connectivity index (χ4v) is 2.58. The molecule has 4 nitrogen and oxygen atoms in total. The van der Waals surface area contributed by atoms with Gasteiger partial charge in [0.15, 0.2) is 0 Å². The molecule has 2 N–H and O–H groups in total. The van der Waals surface area contributed by atoms with E-state index in [9.17, 15) is 4.79 Å². The van der Waals surface area contributed by atoms with Crippen molar-refractivity contribution in [2.24, 2.45) is 0 Å². The number of aromatic nitrogens is 2. The molecule has 0 bridgehead atoms. The van der Waals surface area contributed by atoms with E-state index in [1.165, 1.54) is 0 Å². The molecule has 0 radical (unpaired) electrons. The van der Waals surface area contributed by atoms with Crippen LogP contribution in [0.25, 0.3) is 11.3 Å². The number of H-pyrrole nitrogens is 1. The van der Waals surface area contributed by atoms with Crippen LogP contribution in [0.15, 0.2) is 60.7 Å². The van der Waals surface area contributed by atoms with Gasteiger partial charge in [-0.25, -0.2) is 0 Å². The lowest BCUT2D eigenvalue weighted by molar-refractivity contribution is 0.0935. The van der Waals surface area contributed by atoms with E-state index in [-0.39, 0.29) is 11.9 Å². The average molecular weight is 326 g/mol. The van der Waals surface area contributed by atoms with E-state index in [1.54, 1.807) is 12.1 Å². The number of carbonyl (C=O) groups is 1. The Hall–Kier alpha value is -2.59. The summed E-state index contributed by atoms with van der Waals surface area (Å²) in [6.07, 6.45) is 0. The van der Waals surface area contributed by atoms with Gasteiger partial charge in [-0.3, -0.25) is 9.89 Å². The Labute approximate surface area is 139 Å². The van der Waals surface area contributed by atoms with Gasteiger partial charge in [0, 0.05) is 5.56 Å². The zero-order valence-electron chi connectivity index (χ0n) is 12.6. The largest absolute Gasteiger partial charge is 0.344 e. The highest BCUT2D eigenvalue weighted by Gasteiger charge is 2.15. The number of hydrogen-bond acceptors (Lipinski definition) is 2. The minimum atomic E-state index is -0.202. The molecule has 1 heterocycles. The van der Waals surface area contributed by atoms with Gasteiger partial charge < -0.3 is 5.32 Å². The van der Waals surface area contributed by atoms with E-state index >= 15 is 0 Å². The quantitative estimate of drug-likeness (QED) is 0.754. The molecule has 3 aromatic rings. The first-order valence-electron chi connectivity index (χ1n) is 7.31. The number of nitrogens with zero attached hydrogens (tertiary/aromatic N) is 1. The minimum absolute atomic E-state index is 0.0873. The lowest BCUT2D eigenvalue weighted by Crippen LogP contribution is -2.26. The molecule has 2 aromatic carbocycles. The second-order valence-corrected chi connectivity index (χ2v) is 5.66. The third-order valence-corrected chi connectivity index (χ3v) is 3.95. The zero-order chi connectivity index (χ0) is 16.2. The first kappa shape index (κ1) is 15.3. The standard InChI is InChI=1S/C18H16ClN3O/c1-12(13-7-3-2-4-8-13)20-18(23)17-11-16(21-22-17)14-9-5-6-10-15(14)19/h2-12H,1H3,(H,20,23)(H,21,22)/t12-/m1/s1. The van der Waals surface area contributed by atoms with Crippen LogP contribution in [-0.2, 0) is 0 Å². The van der Waals surface area contributed by atoms with Crippen molar-refractivity contribution in [1.82, 2.24) is 15.5 Å². The fourth-order valence-electron chi connectivity index (χ4n) is 2.34. The molecule has 1 amide bonds. The van der Waals surface area contributed by atoms with Crippen molar-refractivity contribution >= 4 is 17.5 Å². The number of aromatic amines is 1. The highest BCUT2D eigenvalue weighted by Crippen LogP contribution is 2.26. The van der Waals surface area contributed by atoms with Crippen molar-refractivity contribution in [2.45, 2.75) is 13.0 Å². The minimum Gasteiger partial charge on any atom is -0.344 e. The highest BCUT2D eigenvalue weighted by atomic mass is 35.5. The number of benzene rings is 2. The van der Waals surface area contributed by atoms with E-state index in [0.717, 1.165) is 11.1 Å². The molecule has 0 aliphatic heterocycles. The van der Waals surface area contributed by atoms with Gasteiger partial charge >= 0.3 is 0 Å². The number of amides is 1. The first-order chi connectivity index (χ1) is 11.1. The molecule has 1 atom stereocenters. The van der Waals surface area contributed by atoms with Gasteiger partial charge in [0.2, 0.25) is 0 Å². The molecule has 1 aromatic heterocycles. The van der Waals surface area contributed by atoms with Crippen LogP contribution in [0.3, 0.4) is 0 Å². The number of rotatable bonds is 4. The van der Waals surface area contributed by atoms with Crippen LogP contribution in [0.1, 0.15) is 29.0 Å². The summed E-state index contributed by atoms with van der Waals surface area (Å²) in [6, 6.07) is 18.8. The second kappa shape index (κ2) is 6.67. The lowest BCUT2D eigenvalue weighted by atomic mass is 10.1. The summed E-state index contributed by atoms with van der Waals surface area (Å²) in [5, 5.41) is 10.5. The molecule has 23 heavy (non-hydrogen) atoms. The fraction of sp³-hybridized carbons (Fsp3) is 0.111. The molecule has 5 heteroatoms. The van der Waals surface area contributed by atoms with E-state index in [2.05, 4.69) is 15.5 Å². The molecular formula is C18H16ClN3O. The van der Waals surface area contributed by atoms with Crippen LogP contribution < -0.4 is 5.32 Å². The Morgan fingerprint density at radius 2 is 1.83 bits per heavy atom. The first-order valence-corrected chi connectivity index (χ1v) is 7.69. The van der Waals surface area contributed by atoms with Gasteiger partial charge in [-0.2, -0.15) is 5.10 Å². The number of nitrogens with one attached hydrogen (secondary N) is 2. The van der Waals surface area contributed by atoms with Gasteiger partial charge in [-0.05, 0) is 24.6 Å². The Balaban J connectivity index is 1.75. The normalized spacial score (nSPS) is 11.9. The molecule has 0 saturated carbocycles. The topological polar surface area (TPSA) is 57.8 Å². The summed E-state index contributed by atoms with van der Waals surface area (Å²) < 4.78 is 0. The van der Waals surface area contributed by atoms with Crippen molar-refractivity contribution in [3.8, 4) is 11.3 Å². The Bertz CT molecular complexity index is 814. The molecular weight excluding hydrogens is 310 g/mol. The summed E-state index contributed by atoms with van der Waals surface area (Å²) in [4.78, 5) is 12.3. The molecule has 0 unspecified atom stereocenters. The van der Waals surface area contributed by atoms with Crippen molar-refractivity contribution in [2.75, 3.05) is 0 Å². The molecule has 0 saturated heterocycles.